The van der Waals surface area contributed by atoms with Gasteiger partial charge in [0.05, 0.1) is 11.7 Å². The van der Waals surface area contributed by atoms with E-state index in [9.17, 15) is 13.9 Å². The van der Waals surface area contributed by atoms with E-state index in [1.807, 2.05) is 11.4 Å². The SMILES string of the molecule is OC(CNC(c1cccs1)C1CC1)c1c(F)cccc1F. The standard InChI is InChI=1S/C16H17F2NOS/c17-11-3-1-4-12(18)15(11)13(20)9-19-16(10-6-7-10)14-5-2-8-21-14/h1-5,8,10,13,16,19-20H,6-7,9H2. The van der Waals surface area contributed by atoms with Crippen LogP contribution in [0.1, 0.15) is 35.4 Å². The first-order valence-corrected chi connectivity index (χ1v) is 7.93. The van der Waals surface area contributed by atoms with Crippen LogP contribution in [0.25, 0.3) is 0 Å². The summed E-state index contributed by atoms with van der Waals surface area (Å²) in [4.78, 5) is 1.21. The molecule has 5 heteroatoms. The van der Waals surface area contributed by atoms with Crippen LogP contribution in [0.3, 0.4) is 0 Å². The molecule has 2 atom stereocenters. The van der Waals surface area contributed by atoms with Crippen LogP contribution in [0.5, 0.6) is 0 Å². The zero-order chi connectivity index (χ0) is 14.8. The number of halogens is 2. The van der Waals surface area contributed by atoms with Crippen molar-refractivity contribution in [1.82, 2.24) is 5.32 Å². The van der Waals surface area contributed by atoms with E-state index < -0.39 is 17.7 Å². The Bertz CT molecular complexity index is 578. The van der Waals surface area contributed by atoms with Gasteiger partial charge in [0, 0.05) is 17.5 Å². The lowest BCUT2D eigenvalue weighted by Gasteiger charge is -2.20. The van der Waals surface area contributed by atoms with Gasteiger partial charge in [-0.2, -0.15) is 0 Å². The Morgan fingerprint density at radius 1 is 1.19 bits per heavy atom. The number of nitrogens with one attached hydrogen (secondary N) is 1. The monoisotopic (exact) mass is 309 g/mol. The fourth-order valence-electron chi connectivity index (χ4n) is 2.57. The number of hydrogen-bond acceptors (Lipinski definition) is 3. The van der Waals surface area contributed by atoms with Crippen molar-refractivity contribution in [3.05, 3.63) is 57.8 Å². The maximum absolute atomic E-state index is 13.6. The summed E-state index contributed by atoms with van der Waals surface area (Å²) < 4.78 is 27.3. The van der Waals surface area contributed by atoms with E-state index in [-0.39, 0.29) is 18.2 Å². The summed E-state index contributed by atoms with van der Waals surface area (Å²) in [5, 5.41) is 15.4. The Morgan fingerprint density at radius 3 is 2.48 bits per heavy atom. The quantitative estimate of drug-likeness (QED) is 0.850. The number of rotatable bonds is 6. The zero-order valence-electron chi connectivity index (χ0n) is 11.4. The third kappa shape index (κ3) is 3.31. The van der Waals surface area contributed by atoms with Gasteiger partial charge >= 0.3 is 0 Å². The largest absolute Gasteiger partial charge is 0.387 e. The second kappa shape index (κ2) is 6.22. The summed E-state index contributed by atoms with van der Waals surface area (Å²) >= 11 is 1.66. The maximum atomic E-state index is 13.6. The highest BCUT2D eigenvalue weighted by Crippen LogP contribution is 2.42. The van der Waals surface area contributed by atoms with Crippen LogP contribution in [-0.2, 0) is 0 Å². The Kier molecular flexibility index (Phi) is 4.33. The second-order valence-electron chi connectivity index (χ2n) is 5.39. The molecule has 1 aromatic heterocycles. The topological polar surface area (TPSA) is 32.3 Å². The van der Waals surface area contributed by atoms with Crippen LogP contribution < -0.4 is 5.32 Å². The van der Waals surface area contributed by atoms with Crippen molar-refractivity contribution >= 4 is 11.3 Å². The lowest BCUT2D eigenvalue weighted by Crippen LogP contribution is -2.28. The molecule has 2 N–H and O–H groups in total. The molecule has 21 heavy (non-hydrogen) atoms. The van der Waals surface area contributed by atoms with Gasteiger partial charge in [0.25, 0.3) is 0 Å². The van der Waals surface area contributed by atoms with Crippen LogP contribution >= 0.6 is 11.3 Å². The van der Waals surface area contributed by atoms with Gasteiger partial charge in [0.15, 0.2) is 0 Å². The predicted molar refractivity (Wildman–Crippen MR) is 79.1 cm³/mol. The summed E-state index contributed by atoms with van der Waals surface area (Å²) in [5.74, 6) is -0.854. The van der Waals surface area contributed by atoms with Crippen molar-refractivity contribution in [2.45, 2.75) is 25.0 Å². The molecule has 1 aliphatic rings. The average Bonchev–Trinajstić information content (AvgIpc) is 3.13. The number of thiophene rings is 1. The molecule has 0 bridgehead atoms. The van der Waals surface area contributed by atoms with Crippen LogP contribution in [0.4, 0.5) is 8.78 Å². The minimum atomic E-state index is -1.19. The molecule has 112 valence electrons. The lowest BCUT2D eigenvalue weighted by molar-refractivity contribution is 0.159. The van der Waals surface area contributed by atoms with Crippen molar-refractivity contribution in [1.29, 1.82) is 0 Å². The van der Waals surface area contributed by atoms with Crippen molar-refractivity contribution in [2.24, 2.45) is 5.92 Å². The van der Waals surface area contributed by atoms with Crippen LogP contribution in [0.2, 0.25) is 0 Å². The molecule has 1 aliphatic carbocycles. The molecular formula is C16H17F2NOS. The number of benzene rings is 1. The van der Waals surface area contributed by atoms with E-state index in [0.29, 0.717) is 5.92 Å². The van der Waals surface area contributed by atoms with Gasteiger partial charge in [-0.1, -0.05) is 12.1 Å². The van der Waals surface area contributed by atoms with Gasteiger partial charge in [-0.25, -0.2) is 8.78 Å². The highest BCUT2D eigenvalue weighted by atomic mass is 32.1. The van der Waals surface area contributed by atoms with E-state index in [1.54, 1.807) is 11.3 Å². The van der Waals surface area contributed by atoms with Crippen LogP contribution in [0, 0.1) is 17.6 Å². The molecule has 3 rings (SSSR count). The van der Waals surface area contributed by atoms with Crippen molar-refractivity contribution in [3.8, 4) is 0 Å². The summed E-state index contributed by atoms with van der Waals surface area (Å²) in [5.41, 5.74) is -0.259. The predicted octanol–water partition coefficient (Wildman–Crippen LogP) is 3.80. The molecule has 0 aliphatic heterocycles. The normalized spacial score (nSPS) is 17.7. The highest BCUT2D eigenvalue weighted by Gasteiger charge is 2.33. The molecular weight excluding hydrogens is 292 g/mol. The second-order valence-corrected chi connectivity index (χ2v) is 6.37. The zero-order valence-corrected chi connectivity index (χ0v) is 12.2. The van der Waals surface area contributed by atoms with Gasteiger partial charge in [-0.05, 0) is 42.3 Å². The average molecular weight is 309 g/mol. The Labute approximate surface area is 126 Å². The van der Waals surface area contributed by atoms with E-state index in [4.69, 9.17) is 0 Å². The smallest absolute Gasteiger partial charge is 0.131 e. The highest BCUT2D eigenvalue weighted by molar-refractivity contribution is 7.10. The van der Waals surface area contributed by atoms with Gasteiger partial charge in [0.1, 0.15) is 11.6 Å². The molecule has 0 saturated heterocycles. The molecule has 1 saturated carbocycles. The molecule has 1 fully saturated rings. The molecule has 2 aromatic rings. The first-order chi connectivity index (χ1) is 10.2. The molecule has 0 radical (unpaired) electrons. The van der Waals surface area contributed by atoms with Gasteiger partial charge < -0.3 is 10.4 Å². The van der Waals surface area contributed by atoms with Crippen molar-refractivity contribution < 1.29 is 13.9 Å². The van der Waals surface area contributed by atoms with E-state index >= 15 is 0 Å². The van der Waals surface area contributed by atoms with Crippen molar-refractivity contribution in [2.75, 3.05) is 6.54 Å². The molecule has 2 nitrogen and oxygen atoms in total. The Hall–Kier alpha value is -1.30. The van der Waals surface area contributed by atoms with E-state index in [2.05, 4.69) is 11.4 Å². The van der Waals surface area contributed by atoms with Gasteiger partial charge in [-0.3, -0.25) is 0 Å². The summed E-state index contributed by atoms with van der Waals surface area (Å²) in [6.45, 7) is 0.136. The Balaban J connectivity index is 1.68. The first-order valence-electron chi connectivity index (χ1n) is 7.05. The first kappa shape index (κ1) is 14.6. The maximum Gasteiger partial charge on any atom is 0.131 e. The van der Waals surface area contributed by atoms with Crippen LogP contribution in [0.15, 0.2) is 35.7 Å². The van der Waals surface area contributed by atoms with Gasteiger partial charge in [-0.15, -0.1) is 11.3 Å². The van der Waals surface area contributed by atoms with Crippen LogP contribution in [-0.4, -0.2) is 11.7 Å². The summed E-state index contributed by atoms with van der Waals surface area (Å²) in [7, 11) is 0. The molecule has 1 aromatic carbocycles. The minimum Gasteiger partial charge on any atom is -0.387 e. The minimum absolute atomic E-state index is 0.136. The summed E-state index contributed by atoms with van der Waals surface area (Å²) in [6, 6.07) is 7.83. The summed E-state index contributed by atoms with van der Waals surface area (Å²) in [6.07, 6.45) is 1.12. The van der Waals surface area contributed by atoms with E-state index in [0.717, 1.165) is 12.8 Å². The van der Waals surface area contributed by atoms with Gasteiger partial charge in [0.2, 0.25) is 0 Å². The third-order valence-electron chi connectivity index (χ3n) is 3.81. The number of hydrogen-bond donors (Lipinski definition) is 2. The third-order valence-corrected chi connectivity index (χ3v) is 4.76. The molecule has 0 spiro atoms. The molecule has 2 unspecified atom stereocenters. The lowest BCUT2D eigenvalue weighted by atomic mass is 10.1. The number of aliphatic hydroxyl groups excluding tert-OH is 1. The van der Waals surface area contributed by atoms with Crippen molar-refractivity contribution in [3.63, 3.8) is 0 Å². The fourth-order valence-corrected chi connectivity index (χ4v) is 3.46. The fraction of sp³-hybridized carbons (Fsp3) is 0.375. The molecule has 0 amide bonds. The number of aliphatic hydroxyl groups is 1. The Morgan fingerprint density at radius 2 is 1.90 bits per heavy atom. The van der Waals surface area contributed by atoms with E-state index in [1.165, 1.54) is 23.1 Å². The molecule has 1 heterocycles.